The molecule has 0 spiro atoms. The maximum absolute atomic E-state index is 4.16. The summed E-state index contributed by atoms with van der Waals surface area (Å²) in [6.07, 6.45) is 3.52. The molecule has 1 aromatic heterocycles. The van der Waals surface area contributed by atoms with Gasteiger partial charge in [-0.05, 0) is 28.0 Å². The van der Waals surface area contributed by atoms with Crippen molar-refractivity contribution < 1.29 is 0 Å². The predicted molar refractivity (Wildman–Crippen MR) is 66.2 cm³/mol. The summed E-state index contributed by atoms with van der Waals surface area (Å²) >= 11 is 0. The molecule has 0 amide bonds. The van der Waals surface area contributed by atoms with E-state index in [1.165, 1.54) is 5.56 Å². The third-order valence-electron chi connectivity index (χ3n) is 2.18. The maximum Gasteiger partial charge on any atom is 0.0337 e. The molecule has 1 nitrogen and oxygen atoms in total. The van der Waals surface area contributed by atoms with E-state index in [0.29, 0.717) is 5.92 Å². The fourth-order valence-electron chi connectivity index (χ4n) is 1.35. The van der Waals surface area contributed by atoms with Gasteiger partial charge in [0.05, 0.1) is 0 Å². The van der Waals surface area contributed by atoms with E-state index >= 15 is 0 Å². The number of aromatic nitrogens is 1. The van der Waals surface area contributed by atoms with Gasteiger partial charge in [0.1, 0.15) is 0 Å². The van der Waals surface area contributed by atoms with Gasteiger partial charge in [-0.1, -0.05) is 45.2 Å². The van der Waals surface area contributed by atoms with Crippen molar-refractivity contribution in [3.05, 3.63) is 52.7 Å². The molecule has 1 heteroatoms. The normalized spacial score (nSPS) is 9.80. The maximum atomic E-state index is 4.16. The van der Waals surface area contributed by atoms with Gasteiger partial charge in [0.15, 0.2) is 0 Å². The molecule has 0 N–H and O–H groups in total. The zero-order valence-electron chi connectivity index (χ0n) is 9.40. The summed E-state index contributed by atoms with van der Waals surface area (Å²) in [6, 6.07) is 7.91. The van der Waals surface area contributed by atoms with Gasteiger partial charge in [0.2, 0.25) is 0 Å². The number of rotatable bonds is 1. The van der Waals surface area contributed by atoms with Crippen LogP contribution in [0, 0.1) is 0 Å². The van der Waals surface area contributed by atoms with Crippen LogP contribution in [0.1, 0.15) is 25.3 Å². The van der Waals surface area contributed by atoms with Crippen molar-refractivity contribution in [1.82, 2.24) is 4.98 Å². The van der Waals surface area contributed by atoms with E-state index < -0.39 is 0 Å². The Balaban J connectivity index is 3.50. The molecule has 1 rings (SSSR count). The second-order valence-corrected chi connectivity index (χ2v) is 3.83. The minimum atomic E-state index is 0.449. The van der Waals surface area contributed by atoms with Crippen LogP contribution in [0.25, 0.3) is 13.2 Å². The molecule has 0 saturated heterocycles. The Bertz CT molecular complexity index is 473. The van der Waals surface area contributed by atoms with Crippen LogP contribution in [0.3, 0.4) is 0 Å². The van der Waals surface area contributed by atoms with Crippen LogP contribution in [-0.4, -0.2) is 4.98 Å². The highest BCUT2D eigenvalue weighted by atomic mass is 14.6. The molecule has 0 saturated carbocycles. The lowest BCUT2D eigenvalue weighted by molar-refractivity contribution is 0.859. The molecule has 0 aliphatic carbocycles. The van der Waals surface area contributed by atoms with Crippen LogP contribution >= 0.6 is 0 Å². The third kappa shape index (κ3) is 3.55. The SMILES string of the molecule is C=c1cccc(C(C)C)c(=C)cncc1. The van der Waals surface area contributed by atoms with E-state index in [2.05, 4.69) is 38.1 Å². The Morgan fingerprint density at radius 3 is 2.53 bits per heavy atom. The Labute approximate surface area is 91.1 Å². The molecule has 0 radical (unpaired) electrons. The Hall–Kier alpha value is -1.63. The van der Waals surface area contributed by atoms with E-state index in [-0.39, 0.29) is 0 Å². The summed E-state index contributed by atoms with van der Waals surface area (Å²) in [5.41, 5.74) is 1.21. The first-order valence-electron chi connectivity index (χ1n) is 5.07. The molecular formula is C14H17N. The van der Waals surface area contributed by atoms with Crippen molar-refractivity contribution in [3.63, 3.8) is 0 Å². The molecule has 78 valence electrons. The van der Waals surface area contributed by atoms with Crippen LogP contribution in [0.15, 0.2) is 36.7 Å². The van der Waals surface area contributed by atoms with Crippen molar-refractivity contribution in [2.75, 3.05) is 0 Å². The second kappa shape index (κ2) is 5.30. The van der Waals surface area contributed by atoms with Crippen molar-refractivity contribution >= 4 is 13.2 Å². The van der Waals surface area contributed by atoms with Gasteiger partial charge in [-0.15, -0.1) is 0 Å². The first-order valence-corrected chi connectivity index (χ1v) is 5.07. The fourth-order valence-corrected chi connectivity index (χ4v) is 1.35. The van der Waals surface area contributed by atoms with Gasteiger partial charge in [-0.2, -0.15) is 0 Å². The molecule has 0 aliphatic rings. The predicted octanol–water partition coefficient (Wildman–Crippen LogP) is 2.15. The summed E-state index contributed by atoms with van der Waals surface area (Å²) < 4.78 is 0. The largest absolute Gasteiger partial charge is 0.264 e. The highest BCUT2D eigenvalue weighted by Gasteiger charge is 1.95. The lowest BCUT2D eigenvalue weighted by Gasteiger charge is -2.02. The minimum Gasteiger partial charge on any atom is -0.264 e. The smallest absolute Gasteiger partial charge is 0.0337 e. The lowest BCUT2D eigenvalue weighted by Crippen LogP contribution is -2.06. The van der Waals surface area contributed by atoms with Gasteiger partial charge in [0, 0.05) is 12.4 Å². The zero-order valence-corrected chi connectivity index (χ0v) is 9.40. The summed E-state index contributed by atoms with van der Waals surface area (Å²) in [5, 5.41) is 1.91. The van der Waals surface area contributed by atoms with Crippen molar-refractivity contribution in [2.24, 2.45) is 0 Å². The number of nitrogens with zero attached hydrogens (tertiary/aromatic N) is 1. The molecular weight excluding hydrogens is 182 g/mol. The second-order valence-electron chi connectivity index (χ2n) is 3.83. The summed E-state index contributed by atoms with van der Waals surface area (Å²) in [4.78, 5) is 4.16. The Kier molecular flexibility index (Phi) is 4.04. The molecule has 1 heterocycles. The first kappa shape index (κ1) is 11.4. The minimum absolute atomic E-state index is 0.449. The summed E-state index contributed by atoms with van der Waals surface area (Å²) in [5.74, 6) is 0.449. The average Bonchev–Trinajstić information content (AvgIpc) is 2.18. The summed E-state index contributed by atoms with van der Waals surface area (Å²) in [6.45, 7) is 12.2. The standard InChI is InChI=1S/C14H17N/c1-11(2)14-7-5-6-12(3)8-9-15-10-13(14)4/h5-11H,3-4H2,1-2H3. The summed E-state index contributed by atoms with van der Waals surface area (Å²) in [7, 11) is 0. The topological polar surface area (TPSA) is 12.9 Å². The monoisotopic (exact) mass is 199 g/mol. The number of hydrogen-bond acceptors (Lipinski definition) is 1. The fraction of sp³-hybridized carbons (Fsp3) is 0.214. The molecule has 0 bridgehead atoms. The highest BCUT2D eigenvalue weighted by molar-refractivity contribution is 5.20. The van der Waals surface area contributed by atoms with E-state index in [4.69, 9.17) is 0 Å². The molecule has 0 aromatic carbocycles. The van der Waals surface area contributed by atoms with Crippen LogP contribution in [0.2, 0.25) is 0 Å². The van der Waals surface area contributed by atoms with Gasteiger partial charge < -0.3 is 0 Å². The van der Waals surface area contributed by atoms with Crippen LogP contribution in [0.5, 0.6) is 0 Å². The van der Waals surface area contributed by atoms with Crippen LogP contribution in [0.4, 0.5) is 0 Å². The van der Waals surface area contributed by atoms with E-state index in [0.717, 1.165) is 10.4 Å². The molecule has 0 fully saturated rings. The molecule has 0 atom stereocenters. The van der Waals surface area contributed by atoms with E-state index in [1.807, 2.05) is 18.2 Å². The molecule has 1 aromatic rings. The Morgan fingerprint density at radius 1 is 1.13 bits per heavy atom. The van der Waals surface area contributed by atoms with E-state index in [1.54, 1.807) is 12.4 Å². The lowest BCUT2D eigenvalue weighted by atomic mass is 10.0. The molecule has 0 aliphatic heterocycles. The highest BCUT2D eigenvalue weighted by Crippen LogP contribution is 2.05. The van der Waals surface area contributed by atoms with Gasteiger partial charge in [0.25, 0.3) is 0 Å². The number of hydrogen-bond donors (Lipinski definition) is 0. The van der Waals surface area contributed by atoms with Crippen molar-refractivity contribution in [2.45, 2.75) is 19.8 Å². The quantitative estimate of drug-likeness (QED) is 0.675. The van der Waals surface area contributed by atoms with Crippen molar-refractivity contribution in [1.29, 1.82) is 0 Å². The third-order valence-corrected chi connectivity index (χ3v) is 2.18. The van der Waals surface area contributed by atoms with Crippen molar-refractivity contribution in [3.8, 4) is 0 Å². The first-order chi connectivity index (χ1) is 7.11. The van der Waals surface area contributed by atoms with Gasteiger partial charge in [-0.3, -0.25) is 4.98 Å². The van der Waals surface area contributed by atoms with Gasteiger partial charge >= 0.3 is 0 Å². The van der Waals surface area contributed by atoms with Crippen LogP contribution < -0.4 is 10.4 Å². The Morgan fingerprint density at radius 2 is 1.87 bits per heavy atom. The molecule has 15 heavy (non-hydrogen) atoms. The van der Waals surface area contributed by atoms with Crippen LogP contribution in [-0.2, 0) is 0 Å². The van der Waals surface area contributed by atoms with E-state index in [9.17, 15) is 0 Å². The van der Waals surface area contributed by atoms with Gasteiger partial charge in [-0.25, -0.2) is 0 Å². The molecule has 0 unspecified atom stereocenters. The average molecular weight is 199 g/mol. The zero-order chi connectivity index (χ0) is 11.3.